The molecule has 8 N–H and O–H groups in total. The maximum absolute atomic E-state index is 12.2. The van der Waals surface area contributed by atoms with Crippen molar-refractivity contribution in [2.75, 3.05) is 16.8 Å². The van der Waals surface area contributed by atoms with E-state index in [4.69, 9.17) is 21.7 Å². The van der Waals surface area contributed by atoms with Gasteiger partial charge in [0.05, 0.1) is 11.9 Å². The van der Waals surface area contributed by atoms with E-state index in [1.807, 2.05) is 6.07 Å². The lowest BCUT2D eigenvalue weighted by atomic mass is 10.1. The van der Waals surface area contributed by atoms with Gasteiger partial charge in [-0.3, -0.25) is 9.59 Å². The fourth-order valence-electron chi connectivity index (χ4n) is 2.88. The Balaban J connectivity index is 1.64. The normalized spacial score (nSPS) is 11.6. The molecule has 0 aliphatic heterocycles. The minimum Gasteiger partial charge on any atom is -0.481 e. The second-order valence-corrected chi connectivity index (χ2v) is 6.71. The van der Waals surface area contributed by atoms with E-state index in [-0.39, 0.29) is 17.3 Å². The van der Waals surface area contributed by atoms with Crippen molar-refractivity contribution in [2.45, 2.75) is 19.0 Å². The molecule has 0 aliphatic carbocycles. The van der Waals surface area contributed by atoms with Crippen LogP contribution in [0.15, 0.2) is 42.5 Å². The minimum absolute atomic E-state index is 0.104. The molecule has 0 saturated heterocycles. The van der Waals surface area contributed by atoms with E-state index < -0.39 is 30.3 Å². The SMILES string of the molecule is Nc1nc(N)c2cc(NCc3ccc(C(=O)NC(CC(=O)O)C(=O)O)cc3)ccc2n1. The largest absolute Gasteiger partial charge is 0.481 e. The summed E-state index contributed by atoms with van der Waals surface area (Å²) in [5, 5.41) is 23.9. The van der Waals surface area contributed by atoms with Crippen LogP contribution in [0.2, 0.25) is 0 Å². The van der Waals surface area contributed by atoms with Crippen LogP contribution in [0.3, 0.4) is 0 Å². The Labute approximate surface area is 176 Å². The van der Waals surface area contributed by atoms with Gasteiger partial charge in [0, 0.05) is 23.2 Å². The number of carboxylic acids is 2. The number of benzene rings is 2. The summed E-state index contributed by atoms with van der Waals surface area (Å²) >= 11 is 0. The van der Waals surface area contributed by atoms with Crippen LogP contribution < -0.4 is 22.1 Å². The van der Waals surface area contributed by atoms with Crippen LogP contribution in [0.1, 0.15) is 22.3 Å². The second-order valence-electron chi connectivity index (χ2n) is 6.71. The van der Waals surface area contributed by atoms with Crippen molar-refractivity contribution in [3.05, 3.63) is 53.6 Å². The summed E-state index contributed by atoms with van der Waals surface area (Å²) in [6.07, 6.45) is -0.711. The van der Waals surface area contributed by atoms with Crippen LogP contribution in [-0.4, -0.2) is 44.1 Å². The van der Waals surface area contributed by atoms with E-state index in [2.05, 4.69) is 20.6 Å². The average Bonchev–Trinajstić information content (AvgIpc) is 2.71. The number of nitrogens with zero attached hydrogens (tertiary/aromatic N) is 2. The van der Waals surface area contributed by atoms with Gasteiger partial charge in [-0.1, -0.05) is 12.1 Å². The molecule has 1 amide bonds. The lowest BCUT2D eigenvalue weighted by Gasteiger charge is -2.13. The molecular formula is C20H20N6O5. The van der Waals surface area contributed by atoms with Gasteiger partial charge in [0.2, 0.25) is 5.95 Å². The Bertz CT molecular complexity index is 1150. The van der Waals surface area contributed by atoms with Crippen LogP contribution in [0.4, 0.5) is 17.5 Å². The van der Waals surface area contributed by atoms with Crippen LogP contribution in [0, 0.1) is 0 Å². The highest BCUT2D eigenvalue weighted by Crippen LogP contribution is 2.23. The third kappa shape index (κ3) is 5.35. The highest BCUT2D eigenvalue weighted by Gasteiger charge is 2.23. The van der Waals surface area contributed by atoms with E-state index in [9.17, 15) is 14.4 Å². The van der Waals surface area contributed by atoms with Crippen LogP contribution in [0.5, 0.6) is 0 Å². The number of amides is 1. The predicted octanol–water partition coefficient (Wildman–Crippen LogP) is 1.06. The van der Waals surface area contributed by atoms with Crippen LogP contribution in [0.25, 0.3) is 10.9 Å². The van der Waals surface area contributed by atoms with E-state index >= 15 is 0 Å². The highest BCUT2D eigenvalue weighted by molar-refractivity contribution is 5.97. The van der Waals surface area contributed by atoms with Gasteiger partial charge in [-0.2, -0.15) is 4.98 Å². The van der Waals surface area contributed by atoms with Gasteiger partial charge in [0.1, 0.15) is 11.9 Å². The first-order chi connectivity index (χ1) is 14.7. The topological polar surface area (TPSA) is 194 Å². The van der Waals surface area contributed by atoms with Gasteiger partial charge >= 0.3 is 11.9 Å². The van der Waals surface area contributed by atoms with Crippen LogP contribution in [-0.2, 0) is 16.1 Å². The van der Waals surface area contributed by atoms with Crippen molar-refractivity contribution < 1.29 is 24.6 Å². The molecule has 2 aromatic carbocycles. The quantitative estimate of drug-likeness (QED) is 0.304. The van der Waals surface area contributed by atoms with Crippen molar-refractivity contribution in [1.82, 2.24) is 15.3 Å². The van der Waals surface area contributed by atoms with Gasteiger partial charge < -0.3 is 32.3 Å². The molecule has 1 unspecified atom stereocenters. The fraction of sp³-hybridized carbons (Fsp3) is 0.150. The number of carboxylic acid groups (broad SMARTS) is 2. The highest BCUT2D eigenvalue weighted by atomic mass is 16.4. The summed E-state index contributed by atoms with van der Waals surface area (Å²) < 4.78 is 0. The van der Waals surface area contributed by atoms with Gasteiger partial charge in [-0.05, 0) is 35.9 Å². The number of carbonyl (C=O) groups is 3. The van der Waals surface area contributed by atoms with E-state index in [1.54, 1.807) is 24.3 Å². The molecule has 0 aliphatic rings. The fourth-order valence-corrected chi connectivity index (χ4v) is 2.88. The maximum atomic E-state index is 12.2. The van der Waals surface area contributed by atoms with Crippen molar-refractivity contribution >= 4 is 46.2 Å². The van der Waals surface area contributed by atoms with Crippen molar-refractivity contribution in [2.24, 2.45) is 0 Å². The molecule has 1 aromatic heterocycles. The maximum Gasteiger partial charge on any atom is 0.326 e. The number of carbonyl (C=O) groups excluding carboxylic acids is 1. The lowest BCUT2D eigenvalue weighted by molar-refractivity contribution is -0.145. The van der Waals surface area contributed by atoms with Crippen molar-refractivity contribution in [3.63, 3.8) is 0 Å². The average molecular weight is 424 g/mol. The molecule has 3 aromatic rings. The number of anilines is 3. The molecule has 0 fully saturated rings. The first-order valence-electron chi connectivity index (χ1n) is 9.14. The van der Waals surface area contributed by atoms with Gasteiger partial charge in [0.25, 0.3) is 5.91 Å². The smallest absolute Gasteiger partial charge is 0.326 e. The number of aromatic nitrogens is 2. The second kappa shape index (κ2) is 8.95. The summed E-state index contributed by atoms with van der Waals surface area (Å²) in [6.45, 7) is 0.444. The van der Waals surface area contributed by atoms with E-state index in [0.717, 1.165) is 11.3 Å². The Kier molecular flexibility index (Phi) is 6.15. The zero-order valence-corrected chi connectivity index (χ0v) is 16.2. The molecular weight excluding hydrogens is 404 g/mol. The molecule has 0 bridgehead atoms. The number of aliphatic carboxylic acids is 2. The standard InChI is InChI=1S/C20H20N6O5/c21-17-13-7-12(5-6-14(13)25-20(22)26-17)23-9-10-1-3-11(4-2-10)18(29)24-15(19(30)31)8-16(27)28/h1-7,15,23H,8-9H2,(H,24,29)(H,27,28)(H,30,31)(H4,21,22,25,26). The predicted molar refractivity (Wildman–Crippen MR) is 113 cm³/mol. The van der Waals surface area contributed by atoms with Gasteiger partial charge in [-0.15, -0.1) is 0 Å². The summed E-state index contributed by atoms with van der Waals surface area (Å²) in [4.78, 5) is 42.1. The Hall–Kier alpha value is -4.41. The number of nitrogen functional groups attached to an aromatic ring is 2. The molecule has 1 atom stereocenters. The van der Waals surface area contributed by atoms with Gasteiger partial charge in [-0.25, -0.2) is 9.78 Å². The molecule has 0 saturated carbocycles. The number of fused-ring (bicyclic) bond motifs is 1. The zero-order chi connectivity index (χ0) is 22.5. The molecule has 160 valence electrons. The Morgan fingerprint density at radius 1 is 1.00 bits per heavy atom. The molecule has 0 radical (unpaired) electrons. The molecule has 1 heterocycles. The van der Waals surface area contributed by atoms with E-state index in [1.165, 1.54) is 12.1 Å². The first kappa shape index (κ1) is 21.3. The third-order valence-electron chi connectivity index (χ3n) is 4.44. The third-order valence-corrected chi connectivity index (χ3v) is 4.44. The summed E-state index contributed by atoms with van der Waals surface area (Å²) in [7, 11) is 0. The van der Waals surface area contributed by atoms with Crippen LogP contribution >= 0.6 is 0 Å². The zero-order valence-electron chi connectivity index (χ0n) is 16.2. The minimum atomic E-state index is -1.51. The number of nitrogens with one attached hydrogen (secondary N) is 2. The molecule has 31 heavy (non-hydrogen) atoms. The molecule has 11 heteroatoms. The lowest BCUT2D eigenvalue weighted by Crippen LogP contribution is -2.42. The number of nitrogens with two attached hydrogens (primary N) is 2. The number of hydrogen-bond donors (Lipinski definition) is 6. The summed E-state index contributed by atoms with van der Waals surface area (Å²) in [5.74, 6) is -3.02. The van der Waals surface area contributed by atoms with Crippen molar-refractivity contribution in [1.29, 1.82) is 0 Å². The summed E-state index contributed by atoms with van der Waals surface area (Å²) in [5.41, 5.74) is 14.0. The van der Waals surface area contributed by atoms with E-state index in [0.29, 0.717) is 17.4 Å². The number of hydrogen-bond acceptors (Lipinski definition) is 8. The Morgan fingerprint density at radius 3 is 2.35 bits per heavy atom. The Morgan fingerprint density at radius 2 is 1.71 bits per heavy atom. The number of rotatable bonds is 8. The van der Waals surface area contributed by atoms with Gasteiger partial charge in [0.15, 0.2) is 0 Å². The molecule has 3 rings (SSSR count). The monoisotopic (exact) mass is 424 g/mol. The molecule has 11 nitrogen and oxygen atoms in total. The first-order valence-corrected chi connectivity index (χ1v) is 9.14. The van der Waals surface area contributed by atoms with Crippen molar-refractivity contribution in [3.8, 4) is 0 Å². The molecule has 0 spiro atoms. The summed E-state index contributed by atoms with van der Waals surface area (Å²) in [6, 6.07) is 10.4.